The minimum Gasteiger partial charge on any atom is -0.382 e. The van der Waals surface area contributed by atoms with Crippen LogP contribution in [-0.4, -0.2) is 48.0 Å². The summed E-state index contributed by atoms with van der Waals surface area (Å²) in [5, 5.41) is 0. The van der Waals surface area contributed by atoms with Crippen molar-refractivity contribution in [1.29, 1.82) is 0 Å². The first kappa shape index (κ1) is 22.4. The molecular formula is C22H23FN4O3S. The molecule has 3 aromatic rings. The lowest BCUT2D eigenvalue weighted by Gasteiger charge is -2.19. The minimum atomic E-state index is -3.93. The van der Waals surface area contributed by atoms with E-state index in [1.54, 1.807) is 38.1 Å². The monoisotopic (exact) mass is 442 g/mol. The number of rotatable bonds is 7. The number of nitrogens with zero attached hydrogens (tertiary/aromatic N) is 3. The van der Waals surface area contributed by atoms with E-state index < -0.39 is 27.3 Å². The number of hydrogen-bond acceptors (Lipinski definition) is 6. The first-order chi connectivity index (χ1) is 14.8. The van der Waals surface area contributed by atoms with Crippen molar-refractivity contribution in [3.63, 3.8) is 0 Å². The molecule has 0 saturated carbocycles. The molecular weight excluding hydrogens is 419 g/mol. The zero-order chi connectivity index (χ0) is 22.6. The maximum absolute atomic E-state index is 14.8. The molecule has 0 atom stereocenters. The fourth-order valence-corrected chi connectivity index (χ4v) is 4.72. The molecule has 0 aliphatic rings. The Labute approximate surface area is 180 Å². The van der Waals surface area contributed by atoms with Gasteiger partial charge in [-0.1, -0.05) is 24.3 Å². The zero-order valence-corrected chi connectivity index (χ0v) is 18.1. The van der Waals surface area contributed by atoms with Crippen molar-refractivity contribution in [3.05, 3.63) is 60.7 Å². The number of nitrogens with two attached hydrogens (primary N) is 1. The molecule has 0 radical (unpaired) electrons. The van der Waals surface area contributed by atoms with Crippen LogP contribution in [0.4, 0.5) is 10.2 Å². The largest absolute Gasteiger partial charge is 0.382 e. The average Bonchev–Trinajstić information content (AvgIpc) is 2.75. The molecule has 1 amide bonds. The van der Waals surface area contributed by atoms with Gasteiger partial charge in [0.2, 0.25) is 5.91 Å². The summed E-state index contributed by atoms with van der Waals surface area (Å²) < 4.78 is 40.9. The molecule has 0 spiro atoms. The van der Waals surface area contributed by atoms with Crippen LogP contribution in [0.2, 0.25) is 0 Å². The Morgan fingerprint density at radius 3 is 2.35 bits per heavy atom. The lowest BCUT2D eigenvalue weighted by atomic mass is 10.0. The third-order valence-electron chi connectivity index (χ3n) is 4.88. The van der Waals surface area contributed by atoms with Crippen LogP contribution >= 0.6 is 0 Å². The van der Waals surface area contributed by atoms with Gasteiger partial charge in [-0.3, -0.25) is 9.78 Å². The molecule has 162 valence electrons. The van der Waals surface area contributed by atoms with Crippen LogP contribution in [0.1, 0.15) is 13.8 Å². The predicted octanol–water partition coefficient (Wildman–Crippen LogP) is 3.17. The van der Waals surface area contributed by atoms with E-state index in [2.05, 4.69) is 9.97 Å². The van der Waals surface area contributed by atoms with Crippen molar-refractivity contribution in [2.24, 2.45) is 0 Å². The molecule has 31 heavy (non-hydrogen) atoms. The van der Waals surface area contributed by atoms with Gasteiger partial charge in [0.25, 0.3) is 0 Å². The number of halogens is 1. The summed E-state index contributed by atoms with van der Waals surface area (Å²) in [6.45, 7) is 4.43. The molecule has 1 heterocycles. The maximum Gasteiger partial charge on any atom is 0.238 e. The summed E-state index contributed by atoms with van der Waals surface area (Å²) in [5.74, 6) is -1.47. The van der Waals surface area contributed by atoms with Gasteiger partial charge >= 0.3 is 0 Å². The highest BCUT2D eigenvalue weighted by Crippen LogP contribution is 2.31. The van der Waals surface area contributed by atoms with E-state index in [-0.39, 0.29) is 16.3 Å². The van der Waals surface area contributed by atoms with E-state index in [1.165, 1.54) is 35.5 Å². The lowest BCUT2D eigenvalue weighted by Crippen LogP contribution is -2.35. The maximum atomic E-state index is 14.8. The van der Waals surface area contributed by atoms with Gasteiger partial charge in [0.05, 0.1) is 23.0 Å². The second-order valence-electron chi connectivity index (χ2n) is 6.84. The molecule has 0 saturated heterocycles. The molecule has 7 nitrogen and oxygen atoms in total. The second-order valence-corrected chi connectivity index (χ2v) is 8.80. The first-order valence-electron chi connectivity index (χ1n) is 9.74. The highest BCUT2D eigenvalue weighted by molar-refractivity contribution is 7.92. The van der Waals surface area contributed by atoms with Crippen LogP contribution in [0.5, 0.6) is 0 Å². The van der Waals surface area contributed by atoms with Crippen LogP contribution < -0.4 is 5.73 Å². The lowest BCUT2D eigenvalue weighted by molar-refractivity contribution is -0.128. The van der Waals surface area contributed by atoms with Crippen LogP contribution in [0.15, 0.2) is 59.8 Å². The fourth-order valence-electron chi connectivity index (χ4n) is 3.25. The number of aromatic nitrogens is 2. The van der Waals surface area contributed by atoms with Gasteiger partial charge in [0, 0.05) is 24.2 Å². The van der Waals surface area contributed by atoms with Gasteiger partial charge in [-0.2, -0.15) is 0 Å². The fraction of sp³-hybridized carbons (Fsp3) is 0.227. The molecule has 0 aliphatic carbocycles. The number of nitrogen functional groups attached to an aromatic ring is 1. The van der Waals surface area contributed by atoms with Crippen molar-refractivity contribution in [1.82, 2.24) is 14.9 Å². The van der Waals surface area contributed by atoms with E-state index in [0.717, 1.165) is 0 Å². The third kappa shape index (κ3) is 4.88. The standard InChI is InChI=1S/C22H23FN4O3S/c1-3-27(4-2)22(28)14-31(29,30)20-8-6-5-7-16(20)15-9-10-17(18(23)11-15)19-12-26-21(24)13-25-19/h5-13H,3-4,14H2,1-2H3,(H2,24,26). The van der Waals surface area contributed by atoms with Gasteiger partial charge in [0.1, 0.15) is 17.4 Å². The quantitative estimate of drug-likeness (QED) is 0.602. The van der Waals surface area contributed by atoms with Crippen LogP contribution in [0.25, 0.3) is 22.4 Å². The van der Waals surface area contributed by atoms with Crippen LogP contribution in [0.3, 0.4) is 0 Å². The second kappa shape index (κ2) is 9.22. The Hall–Kier alpha value is -3.33. The van der Waals surface area contributed by atoms with Gasteiger partial charge in [-0.15, -0.1) is 0 Å². The SMILES string of the molecule is CCN(CC)C(=O)CS(=O)(=O)c1ccccc1-c1ccc(-c2cnc(N)cn2)c(F)c1. The van der Waals surface area contributed by atoms with E-state index in [1.807, 2.05) is 0 Å². The Kier molecular flexibility index (Phi) is 6.65. The number of benzene rings is 2. The molecule has 2 N–H and O–H groups in total. The van der Waals surface area contributed by atoms with Crippen molar-refractivity contribution in [2.45, 2.75) is 18.7 Å². The Bertz CT molecular complexity index is 1190. The van der Waals surface area contributed by atoms with Crippen molar-refractivity contribution < 1.29 is 17.6 Å². The van der Waals surface area contributed by atoms with E-state index >= 15 is 0 Å². The van der Waals surface area contributed by atoms with Crippen molar-refractivity contribution in [3.8, 4) is 22.4 Å². The topological polar surface area (TPSA) is 106 Å². The average molecular weight is 443 g/mol. The van der Waals surface area contributed by atoms with E-state index in [4.69, 9.17) is 5.73 Å². The van der Waals surface area contributed by atoms with Gasteiger partial charge in [-0.05, 0) is 37.6 Å². The summed E-state index contributed by atoms with van der Waals surface area (Å²) in [5.41, 5.74) is 6.74. The number of hydrogen-bond donors (Lipinski definition) is 1. The Morgan fingerprint density at radius 1 is 1.03 bits per heavy atom. The van der Waals surface area contributed by atoms with Crippen LogP contribution in [-0.2, 0) is 14.6 Å². The number of sulfone groups is 1. The number of anilines is 1. The predicted molar refractivity (Wildman–Crippen MR) is 117 cm³/mol. The molecule has 9 heteroatoms. The van der Waals surface area contributed by atoms with E-state index in [9.17, 15) is 17.6 Å². The summed E-state index contributed by atoms with van der Waals surface area (Å²) in [6.07, 6.45) is 2.70. The Balaban J connectivity index is 1.99. The highest BCUT2D eigenvalue weighted by Gasteiger charge is 2.25. The Morgan fingerprint density at radius 2 is 1.74 bits per heavy atom. The smallest absolute Gasteiger partial charge is 0.238 e. The molecule has 3 rings (SSSR count). The molecule has 2 aromatic carbocycles. The van der Waals surface area contributed by atoms with Crippen LogP contribution in [0, 0.1) is 5.82 Å². The number of carbonyl (C=O) groups excluding carboxylic acids is 1. The van der Waals surface area contributed by atoms with Crippen molar-refractivity contribution >= 4 is 21.6 Å². The third-order valence-corrected chi connectivity index (χ3v) is 6.53. The molecule has 0 bridgehead atoms. The van der Waals surface area contributed by atoms with E-state index in [0.29, 0.717) is 29.9 Å². The number of carbonyl (C=O) groups is 1. The molecule has 0 aliphatic heterocycles. The van der Waals surface area contributed by atoms with Gasteiger partial charge in [-0.25, -0.2) is 17.8 Å². The zero-order valence-electron chi connectivity index (χ0n) is 17.2. The van der Waals surface area contributed by atoms with Crippen molar-refractivity contribution in [2.75, 3.05) is 24.6 Å². The first-order valence-corrected chi connectivity index (χ1v) is 11.4. The molecule has 0 fully saturated rings. The summed E-state index contributed by atoms with van der Waals surface area (Å²) >= 11 is 0. The normalized spacial score (nSPS) is 11.3. The summed E-state index contributed by atoms with van der Waals surface area (Å²) in [6, 6.07) is 10.6. The number of amides is 1. The highest BCUT2D eigenvalue weighted by atomic mass is 32.2. The summed E-state index contributed by atoms with van der Waals surface area (Å²) in [4.78, 5) is 21.8. The van der Waals surface area contributed by atoms with Gasteiger partial charge in [0.15, 0.2) is 9.84 Å². The minimum absolute atomic E-state index is 0.0186. The summed E-state index contributed by atoms with van der Waals surface area (Å²) in [7, 11) is -3.93. The molecule has 1 aromatic heterocycles. The molecule has 0 unspecified atom stereocenters. The van der Waals surface area contributed by atoms with Gasteiger partial charge < -0.3 is 10.6 Å².